The van der Waals surface area contributed by atoms with Gasteiger partial charge in [-0.1, -0.05) is 24.0 Å². The van der Waals surface area contributed by atoms with Crippen LogP contribution in [0.3, 0.4) is 0 Å². The van der Waals surface area contributed by atoms with E-state index < -0.39 is 0 Å². The first kappa shape index (κ1) is 9.76. The largest absolute Gasteiger partial charge is 0.115 e. The molecule has 0 spiro atoms. The van der Waals surface area contributed by atoms with Gasteiger partial charge in [0.15, 0.2) is 0 Å². The molecule has 0 atom stereocenters. The maximum Gasteiger partial charge on any atom is 0.0248 e. The molecule has 17 heavy (non-hydrogen) atoms. The zero-order valence-electron chi connectivity index (χ0n) is 9.33. The SMILES string of the molecule is C#Cc1ccc2c(c1)-c1cc(C#C)ccc1C2. The summed E-state index contributed by atoms with van der Waals surface area (Å²) in [5.74, 6) is 5.35. The molecule has 0 N–H and O–H groups in total. The lowest BCUT2D eigenvalue weighted by molar-refractivity contribution is 1.26. The Kier molecular flexibility index (Phi) is 2.04. The van der Waals surface area contributed by atoms with Crippen molar-refractivity contribution in [3.8, 4) is 35.8 Å². The predicted molar refractivity (Wildman–Crippen MR) is 70.6 cm³/mol. The van der Waals surface area contributed by atoms with E-state index in [0.717, 1.165) is 17.5 Å². The van der Waals surface area contributed by atoms with Crippen molar-refractivity contribution in [3.05, 3.63) is 58.7 Å². The van der Waals surface area contributed by atoms with E-state index >= 15 is 0 Å². The Morgan fingerprint density at radius 3 is 1.65 bits per heavy atom. The molecule has 78 valence electrons. The lowest BCUT2D eigenvalue weighted by atomic mass is 10.0. The fourth-order valence-electron chi connectivity index (χ4n) is 2.35. The predicted octanol–water partition coefficient (Wildman–Crippen LogP) is 3.22. The molecule has 0 nitrogen and oxygen atoms in total. The molecule has 1 aliphatic rings. The van der Waals surface area contributed by atoms with Crippen molar-refractivity contribution < 1.29 is 0 Å². The van der Waals surface area contributed by atoms with Gasteiger partial charge < -0.3 is 0 Å². The van der Waals surface area contributed by atoms with Gasteiger partial charge in [0.25, 0.3) is 0 Å². The van der Waals surface area contributed by atoms with Crippen molar-refractivity contribution in [1.82, 2.24) is 0 Å². The van der Waals surface area contributed by atoms with Crippen molar-refractivity contribution >= 4 is 0 Å². The zero-order chi connectivity index (χ0) is 11.8. The summed E-state index contributed by atoms with van der Waals surface area (Å²) >= 11 is 0. The summed E-state index contributed by atoms with van der Waals surface area (Å²) in [5.41, 5.74) is 6.95. The average Bonchev–Trinajstić information content (AvgIpc) is 2.75. The minimum absolute atomic E-state index is 0.919. The summed E-state index contributed by atoms with van der Waals surface area (Å²) in [7, 11) is 0. The Balaban J connectivity index is 2.25. The molecule has 2 aromatic carbocycles. The van der Waals surface area contributed by atoms with Crippen LogP contribution in [0.15, 0.2) is 36.4 Å². The summed E-state index contributed by atoms with van der Waals surface area (Å²) in [6, 6.07) is 12.3. The highest BCUT2D eigenvalue weighted by molar-refractivity contribution is 5.78. The van der Waals surface area contributed by atoms with E-state index in [0.29, 0.717) is 0 Å². The van der Waals surface area contributed by atoms with E-state index in [1.165, 1.54) is 22.3 Å². The van der Waals surface area contributed by atoms with E-state index in [9.17, 15) is 0 Å². The lowest BCUT2D eigenvalue weighted by Crippen LogP contribution is -1.81. The normalized spacial score (nSPS) is 11.2. The Morgan fingerprint density at radius 2 is 1.24 bits per heavy atom. The number of fused-ring (bicyclic) bond motifs is 3. The number of terminal acetylenes is 2. The van der Waals surface area contributed by atoms with E-state index in [1.54, 1.807) is 0 Å². The number of hydrogen-bond acceptors (Lipinski definition) is 0. The van der Waals surface area contributed by atoms with Crippen molar-refractivity contribution in [1.29, 1.82) is 0 Å². The van der Waals surface area contributed by atoms with Gasteiger partial charge in [0.2, 0.25) is 0 Å². The highest BCUT2D eigenvalue weighted by atomic mass is 14.2. The molecule has 1 aliphatic carbocycles. The molecule has 0 aromatic heterocycles. The minimum atomic E-state index is 0.919. The summed E-state index contributed by atoms with van der Waals surface area (Å²) in [6.07, 6.45) is 11.8. The van der Waals surface area contributed by atoms with E-state index in [4.69, 9.17) is 12.8 Å². The molecular weight excluding hydrogens is 204 g/mol. The summed E-state index contributed by atoms with van der Waals surface area (Å²) in [4.78, 5) is 0. The van der Waals surface area contributed by atoms with Crippen LogP contribution in [0.25, 0.3) is 11.1 Å². The van der Waals surface area contributed by atoms with Crippen LogP contribution >= 0.6 is 0 Å². The molecule has 0 heteroatoms. The van der Waals surface area contributed by atoms with Gasteiger partial charge in [-0.2, -0.15) is 0 Å². The molecule has 0 fully saturated rings. The van der Waals surface area contributed by atoms with Crippen LogP contribution in [0.1, 0.15) is 22.3 Å². The molecular formula is C17H10. The monoisotopic (exact) mass is 214 g/mol. The second kappa shape index (κ2) is 3.55. The fourth-order valence-corrected chi connectivity index (χ4v) is 2.35. The second-order valence-corrected chi connectivity index (χ2v) is 4.21. The first-order valence-corrected chi connectivity index (χ1v) is 5.51. The van der Waals surface area contributed by atoms with Gasteiger partial charge in [0, 0.05) is 11.1 Å². The molecule has 3 rings (SSSR count). The highest BCUT2D eigenvalue weighted by Crippen LogP contribution is 2.37. The van der Waals surface area contributed by atoms with Gasteiger partial charge in [-0.3, -0.25) is 0 Å². The molecule has 0 radical (unpaired) electrons. The standard InChI is InChI=1S/C17H10/c1-3-12-5-7-14-11-15-8-6-13(4-2)10-17(15)16(14)9-12/h1-2,5-10H,11H2. The van der Waals surface area contributed by atoms with Crippen LogP contribution in [-0.2, 0) is 6.42 Å². The van der Waals surface area contributed by atoms with Crippen LogP contribution in [-0.4, -0.2) is 0 Å². The van der Waals surface area contributed by atoms with Crippen LogP contribution in [0.5, 0.6) is 0 Å². The summed E-state index contributed by atoms with van der Waals surface area (Å²) in [6.45, 7) is 0. The van der Waals surface area contributed by atoms with Gasteiger partial charge in [0.05, 0.1) is 0 Å². The summed E-state index contributed by atoms with van der Waals surface area (Å²) in [5, 5.41) is 0. The van der Waals surface area contributed by atoms with Gasteiger partial charge in [-0.05, 0) is 52.9 Å². The smallest absolute Gasteiger partial charge is 0.0248 e. The second-order valence-electron chi connectivity index (χ2n) is 4.21. The van der Waals surface area contributed by atoms with Crippen molar-refractivity contribution in [3.63, 3.8) is 0 Å². The van der Waals surface area contributed by atoms with E-state index in [2.05, 4.69) is 36.1 Å². The topological polar surface area (TPSA) is 0 Å². The molecule has 0 heterocycles. The Morgan fingerprint density at radius 1 is 0.765 bits per heavy atom. The van der Waals surface area contributed by atoms with Crippen molar-refractivity contribution in [2.75, 3.05) is 0 Å². The van der Waals surface area contributed by atoms with Crippen molar-refractivity contribution in [2.45, 2.75) is 6.42 Å². The van der Waals surface area contributed by atoms with E-state index in [1.807, 2.05) is 12.1 Å². The van der Waals surface area contributed by atoms with Crippen LogP contribution in [0.2, 0.25) is 0 Å². The molecule has 0 unspecified atom stereocenters. The van der Waals surface area contributed by atoms with Gasteiger partial charge >= 0.3 is 0 Å². The van der Waals surface area contributed by atoms with E-state index in [-0.39, 0.29) is 0 Å². The average molecular weight is 214 g/mol. The van der Waals surface area contributed by atoms with Gasteiger partial charge in [-0.15, -0.1) is 12.8 Å². The maximum atomic E-state index is 5.44. The minimum Gasteiger partial charge on any atom is -0.115 e. The van der Waals surface area contributed by atoms with Crippen LogP contribution < -0.4 is 0 Å². The third-order valence-electron chi connectivity index (χ3n) is 3.22. The van der Waals surface area contributed by atoms with Crippen LogP contribution in [0.4, 0.5) is 0 Å². The van der Waals surface area contributed by atoms with Crippen LogP contribution in [0, 0.1) is 24.7 Å². The first-order chi connectivity index (χ1) is 8.31. The summed E-state index contributed by atoms with van der Waals surface area (Å²) < 4.78 is 0. The number of rotatable bonds is 0. The fraction of sp³-hybridized carbons (Fsp3) is 0.0588. The molecule has 0 amide bonds. The Hall–Kier alpha value is -2.44. The number of hydrogen-bond donors (Lipinski definition) is 0. The third-order valence-corrected chi connectivity index (χ3v) is 3.22. The van der Waals surface area contributed by atoms with Gasteiger partial charge in [0.1, 0.15) is 0 Å². The highest BCUT2D eigenvalue weighted by Gasteiger charge is 2.18. The third kappa shape index (κ3) is 1.43. The molecule has 0 bridgehead atoms. The molecule has 2 aromatic rings. The molecule has 0 saturated carbocycles. The number of benzene rings is 2. The maximum absolute atomic E-state index is 5.44. The Bertz CT molecular complexity index is 629. The lowest BCUT2D eigenvalue weighted by Gasteiger charge is -2.02. The zero-order valence-corrected chi connectivity index (χ0v) is 9.33. The van der Waals surface area contributed by atoms with Gasteiger partial charge in [-0.25, -0.2) is 0 Å². The quantitative estimate of drug-likeness (QED) is 0.504. The van der Waals surface area contributed by atoms with Crippen molar-refractivity contribution in [2.24, 2.45) is 0 Å². The first-order valence-electron chi connectivity index (χ1n) is 5.51. The molecule has 0 aliphatic heterocycles. The molecule has 0 saturated heterocycles. The Labute approximate surface area is 101 Å².